The van der Waals surface area contributed by atoms with Crippen molar-refractivity contribution in [2.45, 2.75) is 176 Å². The molecule has 5 rings (SSSR count). The molecule has 0 heterocycles. The summed E-state index contributed by atoms with van der Waals surface area (Å²) in [4.78, 5) is 74.2. The predicted molar refractivity (Wildman–Crippen MR) is 311 cm³/mol. The van der Waals surface area contributed by atoms with Crippen molar-refractivity contribution in [1.29, 1.82) is 10.5 Å². The van der Waals surface area contributed by atoms with Crippen LogP contribution in [0.2, 0.25) is 0 Å². The number of nitrogens with zero attached hydrogens (tertiary/aromatic N) is 3. The molecule has 1 aliphatic rings. The van der Waals surface area contributed by atoms with E-state index in [1.165, 1.54) is 0 Å². The Morgan fingerprint density at radius 2 is 0.738 bits per heavy atom. The molecule has 4 aromatic rings. The molecule has 0 N–H and O–H groups in total. The molecule has 424 valence electrons. The number of ketones is 4. The Labute approximate surface area is 474 Å². The number of esters is 1. The maximum atomic E-state index is 14.5. The van der Waals surface area contributed by atoms with Gasteiger partial charge in [0.15, 0.2) is 29.7 Å². The molecular weight excluding hydrogens is 1010 g/mol. The third-order valence-electron chi connectivity index (χ3n) is 14.1. The Bertz CT molecular complexity index is 2810. The molecule has 4 aromatic carbocycles. The normalized spacial score (nSPS) is 11.6. The van der Waals surface area contributed by atoms with Crippen LogP contribution >= 0.6 is 0 Å². The summed E-state index contributed by atoms with van der Waals surface area (Å²) in [6.07, 6.45) is 11.4. The Morgan fingerprint density at radius 3 is 0.988 bits per heavy atom. The van der Waals surface area contributed by atoms with Crippen LogP contribution in [0.15, 0.2) is 60.7 Å². The monoisotopic (exact) mass is 1090 g/mol. The molecule has 0 unspecified atom stereocenters. The molecule has 0 saturated carbocycles. The predicted octanol–water partition coefficient (Wildman–Crippen LogP) is 14.8. The lowest BCUT2D eigenvalue weighted by Crippen LogP contribution is -2.16. The minimum Gasteiger partial charge on any atom is -0.492 e. The van der Waals surface area contributed by atoms with Crippen molar-refractivity contribution in [3.05, 3.63) is 139 Å². The van der Waals surface area contributed by atoms with Gasteiger partial charge < -0.3 is 28.5 Å². The number of benzene rings is 4. The van der Waals surface area contributed by atoms with Crippen LogP contribution in [0.4, 0.5) is 0 Å². The van der Waals surface area contributed by atoms with E-state index in [4.69, 9.17) is 30.3 Å². The summed E-state index contributed by atoms with van der Waals surface area (Å²) in [6, 6.07) is 19.0. The fraction of sp³-hybridized carbons (Fsp3) is 0.493. The van der Waals surface area contributed by atoms with Crippen LogP contribution in [0.5, 0.6) is 23.0 Å². The van der Waals surface area contributed by atoms with Crippen LogP contribution in [0.1, 0.15) is 236 Å². The number of fused-ring (bicyclic) bond motifs is 8. The van der Waals surface area contributed by atoms with Crippen LogP contribution < -0.4 is 18.9 Å². The maximum Gasteiger partial charge on any atom is 0.333 e. The SMILES string of the molecule is [C-]#[N+]CCOc1c2cc(C(=O)CCCCC)cc1Cc1cc(C(=O)CCCCC)cc(c1OCCOC(=O)C(=C)C)Cc1cc(C(=O)CCCCC)cc(c1OCCC#N)Cc1cc(C(=O)CCCCC)cc(c1OCCC#N)C2. The van der Waals surface area contributed by atoms with E-state index in [1.54, 1.807) is 6.92 Å². The van der Waals surface area contributed by atoms with E-state index in [-0.39, 0.29) is 113 Å². The lowest BCUT2D eigenvalue weighted by Gasteiger charge is -2.24. The Balaban J connectivity index is 2.01. The number of hydrogen-bond donors (Lipinski definition) is 0. The average Bonchev–Trinajstić information content (AvgIpc) is 3.58. The minimum atomic E-state index is -0.582. The highest BCUT2D eigenvalue weighted by Crippen LogP contribution is 2.42. The number of unbranched alkanes of at least 4 members (excludes halogenated alkanes) is 8. The zero-order chi connectivity index (χ0) is 57.8. The largest absolute Gasteiger partial charge is 0.492 e. The standard InChI is InChI=1S/C67H81N3O10/c1-8-12-16-22-59(71)47-34-51-42-52-35-48(60(72)23-17-13-9-2)37-54(64(52)77-30-21-27-69)44-57-40-50(62(74)25-19-15-11-4)41-58(66(57)79-32-33-80-67(75)46(5)6)45-56-39-49(61(73)24-18-14-10-3)38-55(65(56)78-31-28-70-7)43-53(36-47)63(51)76-29-20-26-68/h34-41H,5,8-25,28-33,42-45H2,1-4,6H3. The van der Waals surface area contributed by atoms with Crippen molar-refractivity contribution >= 4 is 29.1 Å². The number of ether oxygens (including phenoxy) is 5. The lowest BCUT2D eigenvalue weighted by atomic mass is 9.86. The Hall–Kier alpha value is -7.56. The van der Waals surface area contributed by atoms with E-state index in [0.29, 0.717) is 135 Å². The molecule has 0 aromatic heterocycles. The molecule has 13 heteroatoms. The number of carbonyl (C=O) groups is 5. The first-order valence-electron chi connectivity index (χ1n) is 29.0. The van der Waals surface area contributed by atoms with Gasteiger partial charge in [0.1, 0.15) is 49.4 Å². The van der Waals surface area contributed by atoms with Crippen LogP contribution in [-0.2, 0) is 35.2 Å². The van der Waals surface area contributed by atoms with Gasteiger partial charge >= 0.3 is 5.97 Å². The molecular formula is C67H81N3O10. The molecule has 80 heavy (non-hydrogen) atoms. The number of hydrogen-bond acceptors (Lipinski definition) is 12. The summed E-state index contributed by atoms with van der Waals surface area (Å²) >= 11 is 0. The van der Waals surface area contributed by atoms with Crippen LogP contribution in [-0.4, -0.2) is 68.7 Å². The van der Waals surface area contributed by atoms with E-state index < -0.39 is 5.97 Å². The highest BCUT2D eigenvalue weighted by Gasteiger charge is 2.28. The van der Waals surface area contributed by atoms with Gasteiger partial charge in [-0.1, -0.05) is 85.6 Å². The molecule has 0 saturated heterocycles. The average molecular weight is 1090 g/mol. The highest BCUT2D eigenvalue weighted by molar-refractivity contribution is 5.99. The van der Waals surface area contributed by atoms with Gasteiger partial charge in [-0.3, -0.25) is 19.2 Å². The second-order valence-electron chi connectivity index (χ2n) is 20.7. The summed E-state index contributed by atoms with van der Waals surface area (Å²) in [6.45, 7) is 21.2. The second-order valence-corrected chi connectivity index (χ2v) is 20.7. The van der Waals surface area contributed by atoms with Crippen molar-refractivity contribution in [2.24, 2.45) is 0 Å². The molecule has 1 aliphatic carbocycles. The van der Waals surface area contributed by atoms with Gasteiger partial charge in [0.05, 0.1) is 25.0 Å². The number of carbonyl (C=O) groups excluding carboxylic acids is 5. The minimum absolute atomic E-state index is 0.0100. The van der Waals surface area contributed by atoms with Gasteiger partial charge in [-0.2, -0.15) is 10.5 Å². The zero-order valence-electron chi connectivity index (χ0n) is 48.0. The molecule has 0 spiro atoms. The molecule has 0 atom stereocenters. The van der Waals surface area contributed by atoms with Gasteiger partial charge in [-0.05, 0) is 126 Å². The van der Waals surface area contributed by atoms with Gasteiger partial charge in [-0.25, -0.2) is 11.4 Å². The van der Waals surface area contributed by atoms with Gasteiger partial charge in [0.2, 0.25) is 6.54 Å². The van der Waals surface area contributed by atoms with Gasteiger partial charge in [0, 0.05) is 79.2 Å². The Morgan fingerprint density at radius 1 is 0.463 bits per heavy atom. The smallest absolute Gasteiger partial charge is 0.333 e. The third kappa shape index (κ3) is 18.8. The van der Waals surface area contributed by atoms with E-state index in [9.17, 15) is 34.5 Å². The topological polar surface area (TPSA) is 183 Å². The highest BCUT2D eigenvalue weighted by atomic mass is 16.6. The summed E-state index contributed by atoms with van der Waals surface area (Å²) in [5.74, 6) is 0.752. The van der Waals surface area contributed by atoms with E-state index in [1.807, 2.05) is 48.5 Å². The van der Waals surface area contributed by atoms with Crippen molar-refractivity contribution < 1.29 is 47.7 Å². The summed E-state index contributed by atoms with van der Waals surface area (Å²) < 4.78 is 32.3. The van der Waals surface area contributed by atoms with E-state index in [0.717, 1.165) is 51.4 Å². The molecule has 0 radical (unpaired) electrons. The van der Waals surface area contributed by atoms with Crippen LogP contribution in [0.25, 0.3) is 4.85 Å². The first-order chi connectivity index (χ1) is 38.8. The van der Waals surface area contributed by atoms with Crippen molar-refractivity contribution in [1.82, 2.24) is 0 Å². The molecule has 8 bridgehead atoms. The quantitative estimate of drug-likeness (QED) is 0.0125. The lowest BCUT2D eigenvalue weighted by molar-refractivity contribution is -0.139. The second kappa shape index (κ2) is 33.8. The maximum absolute atomic E-state index is 14.5. The third-order valence-corrected chi connectivity index (χ3v) is 14.1. The number of nitriles is 2. The van der Waals surface area contributed by atoms with Crippen molar-refractivity contribution in [3.63, 3.8) is 0 Å². The molecule has 13 nitrogen and oxygen atoms in total. The Kier molecular flexibility index (Phi) is 26.7. The van der Waals surface area contributed by atoms with Crippen LogP contribution in [0.3, 0.4) is 0 Å². The fourth-order valence-corrected chi connectivity index (χ4v) is 9.99. The first-order valence-corrected chi connectivity index (χ1v) is 29.0. The molecule has 0 amide bonds. The van der Waals surface area contributed by atoms with Gasteiger partial charge in [-0.15, -0.1) is 0 Å². The molecule has 0 fully saturated rings. The fourth-order valence-electron chi connectivity index (χ4n) is 9.99. The van der Waals surface area contributed by atoms with Crippen LogP contribution in [0, 0.1) is 29.2 Å². The van der Waals surface area contributed by atoms with Gasteiger partial charge in [0.25, 0.3) is 0 Å². The number of rotatable bonds is 34. The summed E-state index contributed by atoms with van der Waals surface area (Å²) in [5.41, 5.74) is 6.64. The number of Topliss-reactive ketones (excluding diaryl/α,β-unsaturated/α-hetero) is 4. The molecule has 0 aliphatic heterocycles. The van der Waals surface area contributed by atoms with Crippen molar-refractivity contribution in [3.8, 4) is 35.1 Å². The van der Waals surface area contributed by atoms with E-state index in [2.05, 4.69) is 51.3 Å². The summed E-state index contributed by atoms with van der Waals surface area (Å²) in [7, 11) is 0. The zero-order valence-corrected chi connectivity index (χ0v) is 48.0. The summed E-state index contributed by atoms with van der Waals surface area (Å²) in [5, 5.41) is 19.7. The van der Waals surface area contributed by atoms with E-state index >= 15 is 0 Å². The first kappa shape index (κ1) is 63.3. The van der Waals surface area contributed by atoms with Crippen molar-refractivity contribution in [2.75, 3.05) is 39.6 Å².